The van der Waals surface area contributed by atoms with Crippen molar-refractivity contribution < 1.29 is 56.6 Å². The Bertz CT molecular complexity index is 1920. The molecule has 0 bridgehead atoms. The summed E-state index contributed by atoms with van der Waals surface area (Å²) in [6, 6.07) is 15.5. The monoisotopic (exact) mass is 703 g/mol. The van der Waals surface area contributed by atoms with Crippen molar-refractivity contribution in [2.75, 3.05) is 55.1 Å². The molecule has 1 aliphatic heterocycles. The number of halogens is 1. The first-order chi connectivity index (χ1) is 24.7. The van der Waals surface area contributed by atoms with E-state index in [1.54, 1.807) is 42.5 Å². The van der Waals surface area contributed by atoms with Gasteiger partial charge in [-0.25, -0.2) is 9.18 Å². The van der Waals surface area contributed by atoms with E-state index in [-0.39, 0.29) is 17.7 Å². The number of ether oxygens (including phenoxy) is 9. The van der Waals surface area contributed by atoms with E-state index in [0.717, 1.165) is 6.07 Å². The Labute approximate surface area is 294 Å². The molecule has 0 spiro atoms. The van der Waals surface area contributed by atoms with E-state index in [1.165, 1.54) is 74.1 Å². The molecule has 4 aromatic carbocycles. The van der Waals surface area contributed by atoms with Crippen molar-refractivity contribution in [3.05, 3.63) is 94.8 Å². The minimum absolute atomic E-state index is 0.00768. The third-order valence-corrected chi connectivity index (χ3v) is 8.16. The predicted molar refractivity (Wildman–Crippen MR) is 186 cm³/mol. The molecule has 12 nitrogen and oxygen atoms in total. The van der Waals surface area contributed by atoms with E-state index in [4.69, 9.17) is 42.6 Å². The van der Waals surface area contributed by atoms with Gasteiger partial charge in [0.25, 0.3) is 0 Å². The van der Waals surface area contributed by atoms with Crippen molar-refractivity contribution in [3.8, 4) is 46.0 Å². The van der Waals surface area contributed by atoms with Crippen LogP contribution in [-0.2, 0) is 16.0 Å². The number of hydrogen-bond acceptors (Lipinski definition) is 11. The van der Waals surface area contributed by atoms with Crippen LogP contribution in [0.15, 0.2) is 66.7 Å². The van der Waals surface area contributed by atoms with Gasteiger partial charge in [0.15, 0.2) is 29.1 Å². The summed E-state index contributed by atoms with van der Waals surface area (Å²) in [5, 5.41) is 2.48. The highest BCUT2D eigenvalue weighted by Gasteiger charge is 2.38. The molecule has 0 saturated heterocycles. The highest BCUT2D eigenvalue weighted by Crippen LogP contribution is 2.47. The summed E-state index contributed by atoms with van der Waals surface area (Å²) < 4.78 is 65.7. The zero-order chi connectivity index (χ0) is 36.7. The maximum absolute atomic E-state index is 14.9. The zero-order valence-electron chi connectivity index (χ0n) is 29.2. The molecule has 0 saturated carbocycles. The Morgan fingerprint density at radius 1 is 0.745 bits per heavy atom. The van der Waals surface area contributed by atoms with Gasteiger partial charge >= 0.3 is 5.97 Å². The van der Waals surface area contributed by atoms with Crippen LogP contribution in [0.1, 0.15) is 33.2 Å². The lowest BCUT2D eigenvalue weighted by molar-refractivity contribution is -0.111. The first-order valence-electron chi connectivity index (χ1n) is 15.6. The average Bonchev–Trinajstić information content (AvgIpc) is 3.16. The molecule has 0 fully saturated rings. The Kier molecular flexibility index (Phi) is 11.4. The SMILES string of the molecule is COc1cc(OC)c2c(c1)O[C@H](c1cc(OC)c(OC)c(OC)c1)[C@H](OC(=O)c1ccc(F)c(NC(=O)/C=C/c3ccc(OC)c(OC)c3)c1)C2. The van der Waals surface area contributed by atoms with Gasteiger partial charge in [-0.15, -0.1) is 0 Å². The van der Waals surface area contributed by atoms with E-state index in [1.807, 2.05) is 0 Å². The fraction of sp³-hybridized carbons (Fsp3) is 0.263. The standard InChI is InChI=1S/C38H38FNO11/c1-43-24-18-29(45-3)25-20-34(36(50-30(25)19-24)23-16-32(47-5)37(49-7)33(17-23)48-6)51-38(42)22-10-11-26(39)27(15-22)40-35(41)13-9-21-8-12-28(44-2)31(14-21)46-4/h8-19,34,36H,20H2,1-7H3,(H,40,41)/b13-9+/t34-,36-/m1/s1. The first-order valence-corrected chi connectivity index (χ1v) is 15.6. The van der Waals surface area contributed by atoms with Crippen molar-refractivity contribution in [3.63, 3.8) is 0 Å². The molecular weight excluding hydrogens is 665 g/mol. The molecule has 0 aliphatic carbocycles. The van der Waals surface area contributed by atoms with Crippen molar-refractivity contribution in [1.29, 1.82) is 0 Å². The summed E-state index contributed by atoms with van der Waals surface area (Å²) in [7, 11) is 10.5. The number of fused-ring (bicyclic) bond motifs is 1. The fourth-order valence-electron chi connectivity index (χ4n) is 5.63. The molecule has 5 rings (SSSR count). The van der Waals surface area contributed by atoms with Gasteiger partial charge in [0.1, 0.15) is 29.2 Å². The number of rotatable bonds is 13. The van der Waals surface area contributed by atoms with Crippen LogP contribution < -0.4 is 43.2 Å². The molecular formula is C38H38FNO11. The van der Waals surface area contributed by atoms with Gasteiger partial charge in [-0.3, -0.25) is 4.79 Å². The summed E-state index contributed by atoms with van der Waals surface area (Å²) in [5.41, 5.74) is 1.63. The van der Waals surface area contributed by atoms with E-state index >= 15 is 0 Å². The normalized spacial score (nSPS) is 14.8. The molecule has 4 aromatic rings. The van der Waals surface area contributed by atoms with Crippen LogP contribution in [-0.4, -0.2) is 67.7 Å². The predicted octanol–water partition coefficient (Wildman–Crippen LogP) is 6.44. The van der Waals surface area contributed by atoms with Crippen molar-refractivity contribution in [2.45, 2.75) is 18.6 Å². The lowest BCUT2D eigenvalue weighted by atomic mass is 9.93. The molecule has 1 aliphatic rings. The average molecular weight is 704 g/mol. The summed E-state index contributed by atoms with van der Waals surface area (Å²) in [6.07, 6.45) is 1.16. The maximum Gasteiger partial charge on any atom is 0.338 e. The number of hydrogen-bond donors (Lipinski definition) is 1. The number of anilines is 1. The number of carbonyl (C=O) groups is 2. The van der Waals surface area contributed by atoms with Gasteiger partial charge in [-0.2, -0.15) is 0 Å². The highest BCUT2D eigenvalue weighted by molar-refractivity contribution is 6.03. The molecule has 13 heteroatoms. The van der Waals surface area contributed by atoms with Crippen LogP contribution in [0.25, 0.3) is 6.08 Å². The number of amides is 1. The minimum atomic E-state index is -0.914. The van der Waals surface area contributed by atoms with Crippen LogP contribution in [0, 0.1) is 5.82 Å². The maximum atomic E-state index is 14.9. The summed E-state index contributed by atoms with van der Waals surface area (Å²) in [4.78, 5) is 26.5. The number of nitrogens with one attached hydrogen (secondary N) is 1. The molecule has 0 aromatic heterocycles. The third-order valence-electron chi connectivity index (χ3n) is 8.16. The topological polar surface area (TPSA) is 129 Å². The number of carbonyl (C=O) groups excluding carboxylic acids is 2. The van der Waals surface area contributed by atoms with Gasteiger partial charge in [-0.05, 0) is 54.1 Å². The number of benzene rings is 4. The zero-order valence-corrected chi connectivity index (χ0v) is 29.2. The van der Waals surface area contributed by atoms with Gasteiger partial charge in [0, 0.05) is 35.8 Å². The van der Waals surface area contributed by atoms with Crippen LogP contribution in [0.2, 0.25) is 0 Å². The lowest BCUT2D eigenvalue weighted by Gasteiger charge is -2.34. The highest BCUT2D eigenvalue weighted by atomic mass is 19.1. The molecule has 2 atom stereocenters. The molecule has 1 heterocycles. The van der Waals surface area contributed by atoms with Gasteiger partial charge in [0.2, 0.25) is 11.7 Å². The summed E-state index contributed by atoms with van der Waals surface area (Å²) >= 11 is 0. The fourth-order valence-corrected chi connectivity index (χ4v) is 5.63. The van der Waals surface area contributed by atoms with Crippen LogP contribution in [0.3, 0.4) is 0 Å². The van der Waals surface area contributed by atoms with Crippen molar-refractivity contribution in [1.82, 2.24) is 0 Å². The van der Waals surface area contributed by atoms with E-state index in [0.29, 0.717) is 62.7 Å². The molecule has 51 heavy (non-hydrogen) atoms. The molecule has 0 radical (unpaired) electrons. The Morgan fingerprint density at radius 2 is 1.43 bits per heavy atom. The molecule has 0 unspecified atom stereocenters. The van der Waals surface area contributed by atoms with Crippen molar-refractivity contribution in [2.24, 2.45) is 0 Å². The minimum Gasteiger partial charge on any atom is -0.496 e. The van der Waals surface area contributed by atoms with Crippen LogP contribution in [0.5, 0.6) is 46.0 Å². The van der Waals surface area contributed by atoms with Gasteiger partial charge < -0.3 is 47.9 Å². The Hall–Kier alpha value is -6.11. The van der Waals surface area contributed by atoms with Crippen molar-refractivity contribution >= 4 is 23.6 Å². The third kappa shape index (κ3) is 7.88. The Morgan fingerprint density at radius 3 is 2.06 bits per heavy atom. The second-order valence-electron chi connectivity index (χ2n) is 11.1. The lowest BCUT2D eigenvalue weighted by Crippen LogP contribution is -2.35. The van der Waals surface area contributed by atoms with Gasteiger partial charge in [-0.1, -0.05) is 6.07 Å². The molecule has 1 N–H and O–H groups in total. The smallest absolute Gasteiger partial charge is 0.338 e. The number of esters is 1. The largest absolute Gasteiger partial charge is 0.496 e. The van der Waals surface area contributed by atoms with E-state index < -0.39 is 29.9 Å². The van der Waals surface area contributed by atoms with E-state index in [2.05, 4.69) is 5.32 Å². The van der Waals surface area contributed by atoms with Gasteiger partial charge in [0.05, 0.1) is 61.0 Å². The van der Waals surface area contributed by atoms with Crippen LogP contribution >= 0.6 is 0 Å². The van der Waals surface area contributed by atoms with Crippen LogP contribution in [0.4, 0.5) is 10.1 Å². The second-order valence-corrected chi connectivity index (χ2v) is 11.1. The number of methoxy groups -OCH3 is 7. The first kappa shape index (κ1) is 36.2. The van der Waals surface area contributed by atoms with E-state index in [9.17, 15) is 14.0 Å². The molecule has 1 amide bonds. The quantitative estimate of drug-likeness (QED) is 0.122. The molecule has 268 valence electrons. The summed E-state index contributed by atoms with van der Waals surface area (Å²) in [6.45, 7) is 0. The Balaban J connectivity index is 1.43. The summed E-state index contributed by atoms with van der Waals surface area (Å²) in [5.74, 6) is 1.40. The second kappa shape index (κ2) is 16.1.